The zero-order chi connectivity index (χ0) is 26.4. The van der Waals surface area contributed by atoms with E-state index in [0.29, 0.717) is 48.0 Å². The Hall–Kier alpha value is -2.85. The number of hydrogen-bond acceptors (Lipinski definition) is 4. The first-order chi connectivity index (χ1) is 17.4. The van der Waals surface area contributed by atoms with Gasteiger partial charge in [0.05, 0.1) is 60.7 Å². The van der Waals surface area contributed by atoms with Crippen LogP contribution in [0.25, 0.3) is 22.3 Å². The number of H-pyrrole nitrogens is 1. The van der Waals surface area contributed by atoms with Crippen LogP contribution in [-0.2, 0) is 5.34 Å². The van der Waals surface area contributed by atoms with Crippen molar-refractivity contribution in [1.29, 1.82) is 0 Å². The quantitative estimate of drug-likeness (QED) is 0.540. The Labute approximate surface area is 216 Å². The molecule has 3 aliphatic rings. The molecule has 2 atom stereocenters. The summed E-state index contributed by atoms with van der Waals surface area (Å²) in [6.07, 6.45) is 4.85. The average Bonchev–Trinajstić information content (AvgIpc) is 3.22. The van der Waals surface area contributed by atoms with Crippen molar-refractivity contribution in [3.8, 4) is 11.4 Å². The second-order valence-electron chi connectivity index (χ2n) is 10.5. The Morgan fingerprint density at radius 3 is 2.51 bits per heavy atom. The third kappa shape index (κ3) is 3.55. The number of aromatic amines is 1. The maximum absolute atomic E-state index is 14.6. The van der Waals surface area contributed by atoms with Gasteiger partial charge in [0.2, 0.25) is 0 Å². The summed E-state index contributed by atoms with van der Waals surface area (Å²) in [5, 5.41) is 10.0. The van der Waals surface area contributed by atoms with Gasteiger partial charge in [0.1, 0.15) is 11.9 Å². The van der Waals surface area contributed by atoms with Crippen LogP contribution in [0.15, 0.2) is 24.7 Å². The summed E-state index contributed by atoms with van der Waals surface area (Å²) in [6, 6.07) is 0.761. The molecule has 2 aliphatic carbocycles. The van der Waals surface area contributed by atoms with Crippen molar-refractivity contribution in [1.82, 2.24) is 29.9 Å². The van der Waals surface area contributed by atoms with Crippen LogP contribution < -0.4 is 5.32 Å². The number of nitrogens with zero attached hydrogens (tertiary/aromatic N) is 5. The Morgan fingerprint density at radius 2 is 1.86 bits per heavy atom. The molecule has 3 aromatic heterocycles. The number of carbonyl (C=O) groups is 1. The van der Waals surface area contributed by atoms with Gasteiger partial charge in [-0.25, -0.2) is 18.0 Å². The highest BCUT2D eigenvalue weighted by Crippen LogP contribution is 2.56. The lowest BCUT2D eigenvalue weighted by atomic mass is 9.49. The van der Waals surface area contributed by atoms with Gasteiger partial charge in [0.25, 0.3) is 5.92 Å². The van der Waals surface area contributed by atoms with E-state index >= 15 is 0 Å². The van der Waals surface area contributed by atoms with Crippen molar-refractivity contribution in [2.75, 3.05) is 5.32 Å². The van der Waals surface area contributed by atoms with Gasteiger partial charge in [0.15, 0.2) is 0 Å². The van der Waals surface area contributed by atoms with Crippen LogP contribution in [0.3, 0.4) is 0 Å². The van der Waals surface area contributed by atoms with E-state index in [-0.39, 0.29) is 12.1 Å². The number of carbonyl (C=O) groups excluding carboxylic acids is 1. The largest absolute Gasteiger partial charge is 0.325 e. The first-order valence-electron chi connectivity index (χ1n) is 12.0. The van der Waals surface area contributed by atoms with Gasteiger partial charge in [-0.3, -0.25) is 14.8 Å². The zero-order valence-corrected chi connectivity index (χ0v) is 19.8. The molecule has 2 N–H and O–H groups in total. The van der Waals surface area contributed by atoms with Gasteiger partial charge in [-0.05, 0) is 49.4 Å². The minimum Gasteiger partial charge on any atom is -0.325 e. The highest BCUT2D eigenvalue weighted by atomic mass is 19.3. The smallest absolute Gasteiger partial charge is 0.321 e. The maximum Gasteiger partial charge on any atom is 0.321 e. The molecule has 2 unspecified atom stereocenters. The topological polar surface area (TPSA) is 91.7 Å². The van der Waals surface area contributed by atoms with Crippen molar-refractivity contribution in [2.24, 2.45) is 5.92 Å². The fourth-order valence-corrected chi connectivity index (χ4v) is 5.51. The number of pyridine rings is 1. The van der Waals surface area contributed by atoms with Crippen LogP contribution in [0.2, 0.25) is 0 Å². The molecule has 6 rings (SSSR count). The summed E-state index contributed by atoms with van der Waals surface area (Å²) < 4.78 is 44.7. The van der Waals surface area contributed by atoms with Crippen LogP contribution in [0, 0.1) is 5.92 Å². The van der Waals surface area contributed by atoms with Gasteiger partial charge in [-0.15, -0.1) is 0 Å². The standard InChI is InChI=1S/C22H20B4F3N7O/c23-21(24,12-1-2-13(12)27)36-16-7-14(30-8-11(16)9-32-36)17-15(10-31-34-17)33-18(37)35-19(3-4-19)5-6-20(28,29)22(35,25)26/h7-10,12-13H,1-6H2,(H,31,34)(H,33,37). The summed E-state index contributed by atoms with van der Waals surface area (Å²) in [7, 11) is 24.3. The molecule has 182 valence electrons. The molecule has 15 heteroatoms. The normalized spacial score (nSPS) is 25.6. The Balaban J connectivity index is 1.32. The van der Waals surface area contributed by atoms with Crippen molar-refractivity contribution in [3.63, 3.8) is 0 Å². The molecule has 3 fully saturated rings. The average molecular weight is 499 g/mol. The van der Waals surface area contributed by atoms with Crippen LogP contribution in [0.4, 0.5) is 23.7 Å². The van der Waals surface area contributed by atoms with E-state index in [4.69, 9.17) is 31.4 Å². The van der Waals surface area contributed by atoms with E-state index in [2.05, 4.69) is 25.6 Å². The number of amides is 2. The molecule has 0 aromatic carbocycles. The second kappa shape index (κ2) is 7.83. The number of urea groups is 1. The Bertz CT molecular complexity index is 1390. The van der Waals surface area contributed by atoms with Crippen LogP contribution in [-0.4, -0.2) is 90.2 Å². The first-order valence-corrected chi connectivity index (χ1v) is 12.0. The number of rotatable bonds is 4. The fraction of sp³-hybridized carbons (Fsp3) is 0.545. The lowest BCUT2D eigenvalue weighted by Crippen LogP contribution is -2.71. The monoisotopic (exact) mass is 499 g/mol. The predicted molar refractivity (Wildman–Crippen MR) is 133 cm³/mol. The lowest BCUT2D eigenvalue weighted by molar-refractivity contribution is -0.107. The molecule has 2 saturated carbocycles. The van der Waals surface area contributed by atoms with E-state index in [1.54, 1.807) is 6.07 Å². The number of halogens is 3. The second-order valence-corrected chi connectivity index (χ2v) is 10.5. The van der Waals surface area contributed by atoms with Crippen molar-refractivity contribution in [3.05, 3.63) is 24.7 Å². The highest BCUT2D eigenvalue weighted by Gasteiger charge is 2.65. The number of hydrogen-bond donors (Lipinski definition) is 2. The number of piperidine rings is 1. The summed E-state index contributed by atoms with van der Waals surface area (Å²) in [6.45, 7) is 0. The lowest BCUT2D eigenvalue weighted by Gasteiger charge is -2.53. The van der Waals surface area contributed by atoms with Crippen molar-refractivity contribution in [2.45, 2.75) is 66.8 Å². The molecule has 1 spiro atoms. The summed E-state index contributed by atoms with van der Waals surface area (Å²) in [5.74, 6) is -4.06. The third-order valence-electron chi connectivity index (χ3n) is 8.11. The molecule has 2 amide bonds. The van der Waals surface area contributed by atoms with E-state index in [1.165, 1.54) is 23.3 Å². The van der Waals surface area contributed by atoms with Crippen molar-refractivity contribution < 1.29 is 18.0 Å². The summed E-state index contributed by atoms with van der Waals surface area (Å²) in [5.41, 5.74) is 0.502. The number of likely N-dealkylation sites (tertiary alicyclic amines) is 1. The van der Waals surface area contributed by atoms with Gasteiger partial charge in [0, 0.05) is 28.9 Å². The van der Waals surface area contributed by atoms with Crippen LogP contribution >= 0.6 is 0 Å². The van der Waals surface area contributed by atoms with E-state index in [9.17, 15) is 18.0 Å². The molecule has 1 saturated heterocycles. The predicted octanol–water partition coefficient (Wildman–Crippen LogP) is 2.30. The molecular formula is C22H20B4F3N7O. The first kappa shape index (κ1) is 24.5. The molecule has 37 heavy (non-hydrogen) atoms. The number of anilines is 1. The minimum absolute atomic E-state index is 0.102. The number of fused-ring (bicyclic) bond motifs is 1. The fourth-order valence-electron chi connectivity index (χ4n) is 5.51. The maximum atomic E-state index is 14.6. The molecule has 3 aromatic rings. The van der Waals surface area contributed by atoms with E-state index in [0.717, 1.165) is 4.90 Å². The van der Waals surface area contributed by atoms with Gasteiger partial charge < -0.3 is 10.2 Å². The summed E-state index contributed by atoms with van der Waals surface area (Å²) in [4.78, 5) is 18.6. The number of aromatic nitrogens is 5. The van der Waals surface area contributed by atoms with Gasteiger partial charge >= 0.3 is 6.03 Å². The SMILES string of the molecule is [B]C([B])(C1CCC1F)n1ncc2cnc(-c3[nH]ncc3NC(=O)N3C4(CC4)CCC(F)(F)C3([B])[B])cc21. The van der Waals surface area contributed by atoms with E-state index < -0.39 is 46.7 Å². The van der Waals surface area contributed by atoms with Crippen molar-refractivity contribution >= 4 is 54.0 Å². The Kier molecular flexibility index (Phi) is 5.18. The molecule has 1 aliphatic heterocycles. The molecule has 8 radical (unpaired) electrons. The van der Waals surface area contributed by atoms with Gasteiger partial charge in [-0.1, -0.05) is 0 Å². The molecule has 0 bridgehead atoms. The minimum atomic E-state index is -3.46. The number of nitrogens with one attached hydrogen (secondary N) is 2. The zero-order valence-electron chi connectivity index (χ0n) is 19.8. The highest BCUT2D eigenvalue weighted by molar-refractivity contribution is 6.42. The summed E-state index contributed by atoms with van der Waals surface area (Å²) >= 11 is 0. The molecule has 8 nitrogen and oxygen atoms in total. The number of alkyl halides is 3. The van der Waals surface area contributed by atoms with Gasteiger partial charge in [-0.2, -0.15) is 10.2 Å². The van der Waals surface area contributed by atoms with Crippen LogP contribution in [0.5, 0.6) is 0 Å². The molecule has 4 heterocycles. The van der Waals surface area contributed by atoms with Crippen LogP contribution in [0.1, 0.15) is 38.5 Å². The Morgan fingerprint density at radius 1 is 1.14 bits per heavy atom. The molecular weight excluding hydrogens is 479 g/mol. The van der Waals surface area contributed by atoms with E-state index in [1.807, 2.05) is 0 Å². The third-order valence-corrected chi connectivity index (χ3v) is 8.11.